The maximum atomic E-state index is 5.21. The largest absolute Gasteiger partial charge is 0.494 e. The van der Waals surface area contributed by atoms with Gasteiger partial charge in [0.1, 0.15) is 5.75 Å². The Morgan fingerprint density at radius 3 is 2.30 bits per heavy atom. The molecule has 56 valence electrons. The number of benzene rings is 1. The summed E-state index contributed by atoms with van der Waals surface area (Å²) in [4.78, 5) is 0. The Kier molecular flexibility index (Phi) is 5.03. The Hall–Kier alpha value is -0.500. The van der Waals surface area contributed by atoms with Gasteiger partial charge in [-0.15, -0.1) is 17.0 Å². The van der Waals surface area contributed by atoms with Crippen LogP contribution in [-0.4, -0.2) is 6.61 Å². The molecule has 0 aromatic heterocycles. The van der Waals surface area contributed by atoms with Crippen molar-refractivity contribution in [3.8, 4) is 5.75 Å². The van der Waals surface area contributed by atoms with Crippen LogP contribution in [0.25, 0.3) is 0 Å². The molecule has 1 nitrogen and oxygen atoms in total. The van der Waals surface area contributed by atoms with Crippen LogP contribution in [0.5, 0.6) is 5.75 Å². The first-order valence-electron chi connectivity index (χ1n) is 3.11. The standard InChI is InChI=1S/C8H10O.BrH/c1-2-9-8-6-4-3-5-7-8;/h3-7H,2H2,1H3;1H. The topological polar surface area (TPSA) is 9.23 Å². The Bertz CT molecular complexity index is 162. The minimum atomic E-state index is 0. The van der Waals surface area contributed by atoms with E-state index in [1.54, 1.807) is 0 Å². The van der Waals surface area contributed by atoms with Gasteiger partial charge in [0.15, 0.2) is 0 Å². The molecule has 0 aliphatic heterocycles. The number of ether oxygens (including phenoxy) is 1. The molecule has 0 heterocycles. The third-order valence-corrected chi connectivity index (χ3v) is 1.05. The van der Waals surface area contributed by atoms with E-state index in [0.717, 1.165) is 12.4 Å². The summed E-state index contributed by atoms with van der Waals surface area (Å²) >= 11 is 0. The van der Waals surface area contributed by atoms with E-state index in [0.29, 0.717) is 0 Å². The van der Waals surface area contributed by atoms with Crippen molar-refractivity contribution in [3.05, 3.63) is 30.3 Å². The second-order valence-corrected chi connectivity index (χ2v) is 1.75. The number of hydrogen-bond donors (Lipinski definition) is 0. The molecule has 1 aromatic carbocycles. The van der Waals surface area contributed by atoms with Gasteiger partial charge in [-0.25, -0.2) is 0 Å². The maximum Gasteiger partial charge on any atom is 0.119 e. The molecule has 0 unspecified atom stereocenters. The van der Waals surface area contributed by atoms with Crippen LogP contribution in [0.3, 0.4) is 0 Å². The molecule has 0 fully saturated rings. The van der Waals surface area contributed by atoms with Crippen LogP contribution < -0.4 is 4.74 Å². The molecule has 1 rings (SSSR count). The zero-order chi connectivity index (χ0) is 6.53. The molecule has 0 N–H and O–H groups in total. The Balaban J connectivity index is 0.000000810. The van der Waals surface area contributed by atoms with Gasteiger partial charge < -0.3 is 4.74 Å². The van der Waals surface area contributed by atoms with Crippen molar-refractivity contribution in [2.75, 3.05) is 6.61 Å². The molecule has 2 heteroatoms. The van der Waals surface area contributed by atoms with Crippen LogP contribution in [-0.2, 0) is 0 Å². The number of rotatable bonds is 2. The van der Waals surface area contributed by atoms with E-state index in [1.807, 2.05) is 37.3 Å². The van der Waals surface area contributed by atoms with Crippen molar-refractivity contribution in [1.29, 1.82) is 0 Å². The lowest BCUT2D eigenvalue weighted by molar-refractivity contribution is 0.340. The van der Waals surface area contributed by atoms with Gasteiger partial charge in [-0.05, 0) is 19.1 Å². The van der Waals surface area contributed by atoms with Crippen LogP contribution >= 0.6 is 17.0 Å². The molecule has 0 atom stereocenters. The first kappa shape index (κ1) is 9.50. The van der Waals surface area contributed by atoms with Gasteiger partial charge in [0.25, 0.3) is 0 Å². The Morgan fingerprint density at radius 2 is 1.80 bits per heavy atom. The highest BCUT2D eigenvalue weighted by atomic mass is 79.9. The van der Waals surface area contributed by atoms with Gasteiger partial charge in [-0.1, -0.05) is 18.2 Å². The van der Waals surface area contributed by atoms with Gasteiger partial charge in [-0.3, -0.25) is 0 Å². The Morgan fingerprint density at radius 1 is 1.20 bits per heavy atom. The lowest BCUT2D eigenvalue weighted by atomic mass is 10.3. The van der Waals surface area contributed by atoms with Gasteiger partial charge in [0.05, 0.1) is 6.61 Å². The smallest absolute Gasteiger partial charge is 0.119 e. The fourth-order valence-electron chi connectivity index (χ4n) is 0.683. The first-order chi connectivity index (χ1) is 4.43. The average Bonchev–Trinajstić information content (AvgIpc) is 1.91. The molecule has 0 bridgehead atoms. The molecule has 0 radical (unpaired) electrons. The molecule has 1 aromatic rings. The van der Waals surface area contributed by atoms with Crippen LogP contribution in [0.2, 0.25) is 0 Å². The quantitative estimate of drug-likeness (QED) is 0.717. The zero-order valence-corrected chi connectivity index (χ0v) is 7.62. The molecular formula is C8H11BrO. The molecule has 0 spiro atoms. The van der Waals surface area contributed by atoms with Gasteiger partial charge in [0.2, 0.25) is 0 Å². The van der Waals surface area contributed by atoms with Crippen molar-refractivity contribution >= 4 is 17.0 Å². The van der Waals surface area contributed by atoms with Crippen molar-refractivity contribution in [1.82, 2.24) is 0 Å². The lowest BCUT2D eigenvalue weighted by Crippen LogP contribution is -1.89. The number of hydrogen-bond acceptors (Lipinski definition) is 1. The van der Waals surface area contributed by atoms with Gasteiger partial charge >= 0.3 is 0 Å². The second kappa shape index (κ2) is 5.30. The molecule has 0 aliphatic carbocycles. The predicted molar refractivity (Wildman–Crippen MR) is 47.9 cm³/mol. The van der Waals surface area contributed by atoms with Crippen LogP contribution in [0.4, 0.5) is 0 Å². The maximum absolute atomic E-state index is 5.21. The Labute approximate surface area is 71.8 Å². The number of halogens is 1. The summed E-state index contributed by atoms with van der Waals surface area (Å²) < 4.78 is 5.21. The van der Waals surface area contributed by atoms with E-state index >= 15 is 0 Å². The third-order valence-electron chi connectivity index (χ3n) is 1.05. The summed E-state index contributed by atoms with van der Waals surface area (Å²) in [5.41, 5.74) is 0. The van der Waals surface area contributed by atoms with E-state index in [1.165, 1.54) is 0 Å². The fraction of sp³-hybridized carbons (Fsp3) is 0.250. The molecule has 0 aliphatic rings. The normalized spacial score (nSPS) is 8.10. The monoisotopic (exact) mass is 202 g/mol. The highest BCUT2D eigenvalue weighted by molar-refractivity contribution is 8.93. The summed E-state index contributed by atoms with van der Waals surface area (Å²) in [6.07, 6.45) is 0. The molecule has 0 saturated heterocycles. The minimum Gasteiger partial charge on any atom is -0.494 e. The SMILES string of the molecule is Br.CCOc1ccccc1. The van der Waals surface area contributed by atoms with Crippen LogP contribution in [0.15, 0.2) is 30.3 Å². The van der Waals surface area contributed by atoms with E-state index < -0.39 is 0 Å². The van der Waals surface area contributed by atoms with Crippen LogP contribution in [0, 0.1) is 0 Å². The van der Waals surface area contributed by atoms with Crippen LogP contribution in [0.1, 0.15) is 6.92 Å². The zero-order valence-electron chi connectivity index (χ0n) is 5.91. The lowest BCUT2D eigenvalue weighted by Gasteiger charge is -1.99. The average molecular weight is 203 g/mol. The summed E-state index contributed by atoms with van der Waals surface area (Å²) in [6.45, 7) is 2.72. The molecular weight excluding hydrogens is 192 g/mol. The highest BCUT2D eigenvalue weighted by Gasteiger charge is 1.83. The molecule has 0 saturated carbocycles. The van der Waals surface area contributed by atoms with E-state index in [2.05, 4.69) is 0 Å². The number of para-hydroxylation sites is 1. The summed E-state index contributed by atoms with van der Waals surface area (Å²) in [5, 5.41) is 0. The first-order valence-corrected chi connectivity index (χ1v) is 3.11. The van der Waals surface area contributed by atoms with E-state index in [9.17, 15) is 0 Å². The fourth-order valence-corrected chi connectivity index (χ4v) is 0.683. The minimum absolute atomic E-state index is 0. The predicted octanol–water partition coefficient (Wildman–Crippen LogP) is 2.66. The van der Waals surface area contributed by atoms with Crippen molar-refractivity contribution in [2.24, 2.45) is 0 Å². The third kappa shape index (κ3) is 2.87. The van der Waals surface area contributed by atoms with E-state index in [4.69, 9.17) is 4.74 Å². The highest BCUT2D eigenvalue weighted by Crippen LogP contribution is 2.06. The summed E-state index contributed by atoms with van der Waals surface area (Å²) in [5.74, 6) is 0.944. The second-order valence-electron chi connectivity index (χ2n) is 1.75. The molecule has 10 heavy (non-hydrogen) atoms. The van der Waals surface area contributed by atoms with E-state index in [-0.39, 0.29) is 17.0 Å². The molecule has 0 amide bonds. The van der Waals surface area contributed by atoms with Crippen molar-refractivity contribution in [3.63, 3.8) is 0 Å². The van der Waals surface area contributed by atoms with Gasteiger partial charge in [0, 0.05) is 0 Å². The van der Waals surface area contributed by atoms with Crippen molar-refractivity contribution in [2.45, 2.75) is 6.92 Å². The van der Waals surface area contributed by atoms with Gasteiger partial charge in [-0.2, -0.15) is 0 Å². The summed E-state index contributed by atoms with van der Waals surface area (Å²) in [7, 11) is 0. The van der Waals surface area contributed by atoms with Crippen molar-refractivity contribution < 1.29 is 4.74 Å². The summed E-state index contributed by atoms with van der Waals surface area (Å²) in [6, 6.07) is 9.80.